The molecule has 0 aliphatic rings. The molecule has 3 rings (SSSR count). The summed E-state index contributed by atoms with van der Waals surface area (Å²) >= 11 is 0. The second-order valence-corrected chi connectivity index (χ2v) is 7.24. The maximum absolute atomic E-state index is 12.2. The van der Waals surface area contributed by atoms with Gasteiger partial charge < -0.3 is 19.9 Å². The highest BCUT2D eigenvalue weighted by molar-refractivity contribution is 5.92. The summed E-state index contributed by atoms with van der Waals surface area (Å²) in [4.78, 5) is 23.2. The van der Waals surface area contributed by atoms with Crippen LogP contribution in [0.5, 0.6) is 11.5 Å². The largest absolute Gasteiger partial charge is 0.493 e. The number of carboxylic acid groups (broad SMARTS) is 1. The van der Waals surface area contributed by atoms with Crippen molar-refractivity contribution < 1.29 is 24.2 Å². The molecule has 8 heteroatoms. The van der Waals surface area contributed by atoms with E-state index in [2.05, 4.69) is 15.8 Å². The third-order valence-corrected chi connectivity index (χ3v) is 5.04. The molecule has 3 aromatic carbocycles. The van der Waals surface area contributed by atoms with Crippen LogP contribution in [0.1, 0.15) is 32.6 Å². The molecule has 0 aliphatic heterocycles. The molecule has 33 heavy (non-hydrogen) atoms. The quantitative estimate of drug-likeness (QED) is 0.341. The summed E-state index contributed by atoms with van der Waals surface area (Å²) in [6.45, 7) is 4.10. The smallest absolute Gasteiger partial charge is 0.339 e. The van der Waals surface area contributed by atoms with E-state index in [1.807, 2.05) is 32.0 Å². The summed E-state index contributed by atoms with van der Waals surface area (Å²) in [6, 6.07) is 16.9. The monoisotopic (exact) mass is 447 g/mol. The Balaban J connectivity index is 1.68. The van der Waals surface area contributed by atoms with Gasteiger partial charge in [-0.2, -0.15) is 5.10 Å². The zero-order valence-corrected chi connectivity index (χ0v) is 18.6. The highest BCUT2D eigenvalue weighted by Crippen LogP contribution is 2.31. The number of anilines is 1. The van der Waals surface area contributed by atoms with Crippen LogP contribution in [0.15, 0.2) is 65.8 Å². The number of hydrogen-bond acceptors (Lipinski definition) is 5. The highest BCUT2D eigenvalue weighted by Gasteiger charge is 2.11. The average Bonchev–Trinajstić information content (AvgIpc) is 2.81. The number of aromatic carboxylic acids is 1. The van der Waals surface area contributed by atoms with E-state index >= 15 is 0 Å². The lowest BCUT2D eigenvalue weighted by molar-refractivity contribution is 0.0696. The zero-order valence-electron chi connectivity index (χ0n) is 18.6. The van der Waals surface area contributed by atoms with E-state index in [1.54, 1.807) is 30.3 Å². The molecule has 0 spiro atoms. The van der Waals surface area contributed by atoms with Crippen molar-refractivity contribution in [3.05, 3.63) is 88.5 Å². The summed E-state index contributed by atoms with van der Waals surface area (Å²) in [5.41, 5.74) is 6.81. The molecule has 0 heterocycles. The number of amides is 2. The summed E-state index contributed by atoms with van der Waals surface area (Å²) in [6.07, 6.45) is 1.47. The molecular formula is C25H25N3O5. The number of carboxylic acids is 1. The van der Waals surface area contributed by atoms with Gasteiger partial charge in [0.05, 0.1) is 18.9 Å². The lowest BCUT2D eigenvalue weighted by Crippen LogP contribution is -2.24. The van der Waals surface area contributed by atoms with Gasteiger partial charge in [0.25, 0.3) is 0 Å². The standard InChI is InChI=1S/C25H25N3O5/c1-16-6-4-8-21(17(16)2)27-25(31)28-26-14-20-7-5-9-22(32-3)23(20)33-15-18-10-12-19(13-11-18)24(29)30/h4-14H,15H2,1-3H3,(H,29,30)(H2,27,28,31)/b26-14+. The first kappa shape index (κ1) is 23.3. The van der Waals surface area contributed by atoms with Crippen molar-refractivity contribution in [2.24, 2.45) is 5.10 Å². The predicted octanol–water partition coefficient (Wildman–Crippen LogP) is 4.74. The van der Waals surface area contributed by atoms with Gasteiger partial charge in [0, 0.05) is 11.3 Å². The number of hydrazone groups is 1. The van der Waals surface area contributed by atoms with Crippen molar-refractivity contribution in [2.75, 3.05) is 12.4 Å². The van der Waals surface area contributed by atoms with Gasteiger partial charge in [-0.15, -0.1) is 0 Å². The third-order valence-electron chi connectivity index (χ3n) is 5.04. The van der Waals surface area contributed by atoms with Crippen molar-refractivity contribution in [1.82, 2.24) is 5.43 Å². The van der Waals surface area contributed by atoms with Gasteiger partial charge in [-0.1, -0.05) is 30.3 Å². The summed E-state index contributed by atoms with van der Waals surface area (Å²) in [7, 11) is 1.53. The number of nitrogens with one attached hydrogen (secondary N) is 2. The Morgan fingerprint density at radius 3 is 2.45 bits per heavy atom. The van der Waals surface area contributed by atoms with Crippen molar-refractivity contribution in [1.29, 1.82) is 0 Å². The topological polar surface area (TPSA) is 109 Å². The number of methoxy groups -OCH3 is 1. The van der Waals surface area contributed by atoms with Gasteiger partial charge in [-0.25, -0.2) is 15.0 Å². The molecule has 0 unspecified atom stereocenters. The van der Waals surface area contributed by atoms with E-state index in [1.165, 1.54) is 25.5 Å². The number of benzene rings is 3. The fraction of sp³-hybridized carbons (Fsp3) is 0.160. The number of aryl methyl sites for hydroxylation is 1. The minimum Gasteiger partial charge on any atom is -0.493 e. The number of para-hydroxylation sites is 1. The number of ether oxygens (including phenoxy) is 2. The summed E-state index contributed by atoms with van der Waals surface area (Å²) in [5, 5.41) is 15.8. The molecule has 0 fully saturated rings. The van der Waals surface area contributed by atoms with Gasteiger partial charge in [-0.05, 0) is 60.9 Å². The molecule has 0 radical (unpaired) electrons. The van der Waals surface area contributed by atoms with Gasteiger partial charge in [0.1, 0.15) is 6.61 Å². The first-order valence-electron chi connectivity index (χ1n) is 10.2. The van der Waals surface area contributed by atoms with E-state index in [0.717, 1.165) is 16.7 Å². The molecular weight excluding hydrogens is 422 g/mol. The predicted molar refractivity (Wildman–Crippen MR) is 126 cm³/mol. The number of hydrogen-bond donors (Lipinski definition) is 3. The molecule has 0 aromatic heterocycles. The molecule has 0 aliphatic carbocycles. The first-order chi connectivity index (χ1) is 15.9. The zero-order chi connectivity index (χ0) is 23.8. The maximum atomic E-state index is 12.2. The van der Waals surface area contributed by atoms with Crippen LogP contribution in [0.25, 0.3) is 0 Å². The van der Waals surface area contributed by atoms with Crippen molar-refractivity contribution >= 4 is 23.9 Å². The maximum Gasteiger partial charge on any atom is 0.339 e. The summed E-state index contributed by atoms with van der Waals surface area (Å²) < 4.78 is 11.3. The Labute approximate surface area is 191 Å². The Bertz CT molecular complexity index is 1170. The van der Waals surface area contributed by atoms with E-state index < -0.39 is 12.0 Å². The first-order valence-corrected chi connectivity index (χ1v) is 10.2. The van der Waals surface area contributed by atoms with Crippen LogP contribution >= 0.6 is 0 Å². The fourth-order valence-corrected chi connectivity index (χ4v) is 3.05. The lowest BCUT2D eigenvalue weighted by Gasteiger charge is -2.13. The molecule has 8 nitrogen and oxygen atoms in total. The molecule has 170 valence electrons. The number of carbonyl (C=O) groups is 2. The second kappa shape index (κ2) is 10.8. The highest BCUT2D eigenvalue weighted by atomic mass is 16.5. The van der Waals surface area contributed by atoms with Crippen molar-refractivity contribution in [3.63, 3.8) is 0 Å². The number of rotatable bonds is 8. The molecule has 0 saturated heterocycles. The van der Waals surface area contributed by atoms with Crippen LogP contribution in [0.2, 0.25) is 0 Å². The minimum atomic E-state index is -0.986. The average molecular weight is 447 g/mol. The van der Waals surface area contributed by atoms with Crippen molar-refractivity contribution in [3.8, 4) is 11.5 Å². The fourth-order valence-electron chi connectivity index (χ4n) is 3.05. The van der Waals surface area contributed by atoms with Crippen LogP contribution in [0.3, 0.4) is 0 Å². The Kier molecular flexibility index (Phi) is 7.64. The third kappa shape index (κ3) is 6.10. The van der Waals surface area contributed by atoms with Crippen LogP contribution in [-0.2, 0) is 6.61 Å². The van der Waals surface area contributed by atoms with Gasteiger partial charge >= 0.3 is 12.0 Å². The van der Waals surface area contributed by atoms with E-state index in [-0.39, 0.29) is 12.2 Å². The van der Waals surface area contributed by atoms with E-state index in [4.69, 9.17) is 14.6 Å². The SMILES string of the molecule is COc1cccc(/C=N/NC(=O)Nc2cccc(C)c2C)c1OCc1ccc(C(=O)O)cc1. The lowest BCUT2D eigenvalue weighted by atomic mass is 10.1. The number of urea groups is 1. The van der Waals surface area contributed by atoms with Crippen LogP contribution in [-0.4, -0.2) is 30.4 Å². The molecule has 0 saturated carbocycles. The number of carbonyl (C=O) groups excluding carboxylic acids is 1. The molecule has 0 bridgehead atoms. The molecule has 3 N–H and O–H groups in total. The normalized spacial score (nSPS) is 10.6. The van der Waals surface area contributed by atoms with Gasteiger partial charge in [0.15, 0.2) is 11.5 Å². The van der Waals surface area contributed by atoms with Crippen LogP contribution in [0.4, 0.5) is 10.5 Å². The van der Waals surface area contributed by atoms with Gasteiger partial charge in [-0.3, -0.25) is 0 Å². The molecule has 2 amide bonds. The molecule has 3 aromatic rings. The second-order valence-electron chi connectivity index (χ2n) is 7.24. The number of nitrogens with zero attached hydrogens (tertiary/aromatic N) is 1. The molecule has 0 atom stereocenters. The van der Waals surface area contributed by atoms with E-state index in [9.17, 15) is 9.59 Å². The van der Waals surface area contributed by atoms with Crippen LogP contribution in [0, 0.1) is 13.8 Å². The Hall–Kier alpha value is -4.33. The van der Waals surface area contributed by atoms with Crippen LogP contribution < -0.4 is 20.2 Å². The van der Waals surface area contributed by atoms with E-state index in [0.29, 0.717) is 22.7 Å². The minimum absolute atomic E-state index is 0.196. The summed E-state index contributed by atoms with van der Waals surface area (Å²) in [5.74, 6) is -0.0384. The Morgan fingerprint density at radius 2 is 1.76 bits per heavy atom. The Morgan fingerprint density at radius 1 is 1.03 bits per heavy atom. The van der Waals surface area contributed by atoms with Gasteiger partial charge in [0.2, 0.25) is 0 Å². The van der Waals surface area contributed by atoms with Crippen molar-refractivity contribution in [2.45, 2.75) is 20.5 Å².